The minimum Gasteiger partial charge on any atom is -0.387 e. The van der Waals surface area contributed by atoms with Gasteiger partial charge in [0.15, 0.2) is 0 Å². The first-order chi connectivity index (χ1) is 8.47. The fraction of sp³-hybridized carbons (Fsp3) is 0.333. The summed E-state index contributed by atoms with van der Waals surface area (Å²) in [5.74, 6) is 0. The Labute approximate surface area is 121 Å². The second kappa shape index (κ2) is 5.55. The summed E-state index contributed by atoms with van der Waals surface area (Å²) in [6.45, 7) is 6.27. The Bertz CT molecular complexity index is 540. The molecule has 2 rings (SSSR count). The van der Waals surface area contributed by atoms with E-state index < -0.39 is 6.10 Å². The van der Waals surface area contributed by atoms with Crippen LogP contribution in [0.5, 0.6) is 0 Å². The monoisotopic (exact) mass is 324 g/mol. The molecule has 1 aromatic heterocycles. The zero-order chi connectivity index (χ0) is 13.3. The van der Waals surface area contributed by atoms with E-state index in [1.165, 1.54) is 21.6 Å². The van der Waals surface area contributed by atoms with Gasteiger partial charge in [-0.25, -0.2) is 0 Å². The summed E-state index contributed by atoms with van der Waals surface area (Å²) in [5, 5.41) is 10.3. The molecule has 0 radical (unpaired) electrons. The maximum Gasteiger partial charge on any atom is 0.0922 e. The predicted molar refractivity (Wildman–Crippen MR) is 81.3 cm³/mol. The van der Waals surface area contributed by atoms with Crippen LogP contribution in [-0.2, 0) is 6.42 Å². The molecule has 2 aromatic rings. The van der Waals surface area contributed by atoms with Crippen molar-refractivity contribution >= 4 is 27.3 Å². The van der Waals surface area contributed by atoms with Crippen LogP contribution in [0, 0.1) is 20.8 Å². The average molecular weight is 325 g/mol. The Morgan fingerprint density at radius 1 is 1.17 bits per heavy atom. The molecule has 1 unspecified atom stereocenters. The van der Waals surface area contributed by atoms with Gasteiger partial charge < -0.3 is 5.11 Å². The van der Waals surface area contributed by atoms with E-state index >= 15 is 0 Å². The number of halogens is 1. The van der Waals surface area contributed by atoms with Crippen LogP contribution in [0.25, 0.3) is 0 Å². The number of aryl methyl sites for hydroxylation is 3. The van der Waals surface area contributed by atoms with E-state index in [-0.39, 0.29) is 0 Å². The van der Waals surface area contributed by atoms with E-state index in [1.54, 1.807) is 11.3 Å². The zero-order valence-electron chi connectivity index (χ0n) is 10.8. The Kier molecular flexibility index (Phi) is 4.25. The standard InChI is InChI=1S/C15H17BrOS/c1-9-4-5-12(6-10(9)2)7-14(17)15-8-13(16)11(3)18-15/h4-6,8,14,17H,7H2,1-3H3. The average Bonchev–Trinajstić information content (AvgIpc) is 2.65. The van der Waals surface area contributed by atoms with Crippen LogP contribution in [0.2, 0.25) is 0 Å². The van der Waals surface area contributed by atoms with Crippen molar-refractivity contribution in [3.63, 3.8) is 0 Å². The molecule has 96 valence electrons. The van der Waals surface area contributed by atoms with Gasteiger partial charge in [0.1, 0.15) is 0 Å². The number of hydrogen-bond acceptors (Lipinski definition) is 2. The maximum absolute atomic E-state index is 10.3. The molecule has 0 saturated heterocycles. The first kappa shape index (κ1) is 13.8. The fourth-order valence-corrected chi connectivity index (χ4v) is 3.45. The lowest BCUT2D eigenvalue weighted by molar-refractivity contribution is 0.182. The Balaban J connectivity index is 2.15. The maximum atomic E-state index is 10.3. The van der Waals surface area contributed by atoms with E-state index in [0.29, 0.717) is 6.42 Å². The quantitative estimate of drug-likeness (QED) is 0.866. The normalized spacial score (nSPS) is 12.7. The van der Waals surface area contributed by atoms with Crippen molar-refractivity contribution in [2.45, 2.75) is 33.3 Å². The molecule has 0 aliphatic heterocycles. The van der Waals surface area contributed by atoms with E-state index in [9.17, 15) is 5.11 Å². The van der Waals surface area contributed by atoms with Crippen LogP contribution in [-0.4, -0.2) is 5.11 Å². The van der Waals surface area contributed by atoms with Gasteiger partial charge in [0, 0.05) is 20.6 Å². The third-order valence-corrected chi connectivity index (χ3v) is 5.44. The summed E-state index contributed by atoms with van der Waals surface area (Å²) in [5.41, 5.74) is 3.76. The highest BCUT2D eigenvalue weighted by molar-refractivity contribution is 9.10. The van der Waals surface area contributed by atoms with Crippen LogP contribution < -0.4 is 0 Å². The molecule has 0 spiro atoms. The molecule has 1 atom stereocenters. The van der Waals surface area contributed by atoms with Crippen molar-refractivity contribution in [1.29, 1.82) is 0 Å². The van der Waals surface area contributed by atoms with Crippen LogP contribution in [0.15, 0.2) is 28.7 Å². The van der Waals surface area contributed by atoms with Crippen LogP contribution in [0.4, 0.5) is 0 Å². The van der Waals surface area contributed by atoms with Gasteiger partial charge in [-0.05, 0) is 59.5 Å². The van der Waals surface area contributed by atoms with Gasteiger partial charge in [-0.1, -0.05) is 18.2 Å². The molecule has 18 heavy (non-hydrogen) atoms. The molecule has 1 heterocycles. The molecule has 0 bridgehead atoms. The van der Waals surface area contributed by atoms with Gasteiger partial charge in [-0.2, -0.15) is 0 Å². The van der Waals surface area contributed by atoms with Crippen LogP contribution in [0.3, 0.4) is 0 Å². The summed E-state index contributed by atoms with van der Waals surface area (Å²) >= 11 is 5.14. The van der Waals surface area contributed by atoms with Gasteiger partial charge in [0.25, 0.3) is 0 Å². The Hall–Kier alpha value is -0.640. The summed E-state index contributed by atoms with van der Waals surface area (Å²) in [6.07, 6.45) is 0.259. The van der Waals surface area contributed by atoms with Crippen LogP contribution >= 0.6 is 27.3 Å². The molecular formula is C15H17BrOS. The number of thiophene rings is 1. The zero-order valence-corrected chi connectivity index (χ0v) is 13.2. The second-order valence-electron chi connectivity index (χ2n) is 4.69. The molecule has 1 nitrogen and oxygen atoms in total. The summed E-state index contributed by atoms with van der Waals surface area (Å²) in [4.78, 5) is 2.24. The molecule has 0 amide bonds. The number of aliphatic hydroxyl groups excluding tert-OH is 1. The van der Waals surface area contributed by atoms with E-state index in [4.69, 9.17) is 0 Å². The topological polar surface area (TPSA) is 20.2 Å². The van der Waals surface area contributed by atoms with Gasteiger partial charge >= 0.3 is 0 Å². The van der Waals surface area contributed by atoms with E-state index in [0.717, 1.165) is 9.35 Å². The lowest BCUT2D eigenvalue weighted by Crippen LogP contribution is -2.00. The summed E-state index contributed by atoms with van der Waals surface area (Å²) in [7, 11) is 0. The van der Waals surface area contributed by atoms with Crippen molar-refractivity contribution in [2.24, 2.45) is 0 Å². The van der Waals surface area contributed by atoms with Gasteiger partial charge in [0.2, 0.25) is 0 Å². The summed E-state index contributed by atoms with van der Waals surface area (Å²) in [6, 6.07) is 8.40. The van der Waals surface area contributed by atoms with Crippen molar-refractivity contribution in [2.75, 3.05) is 0 Å². The molecule has 3 heteroatoms. The van der Waals surface area contributed by atoms with Gasteiger partial charge in [-0.15, -0.1) is 11.3 Å². The highest BCUT2D eigenvalue weighted by atomic mass is 79.9. The minimum absolute atomic E-state index is 0.415. The molecule has 0 aliphatic rings. The predicted octanol–water partition coefficient (Wildman–Crippen LogP) is 4.71. The SMILES string of the molecule is Cc1ccc(CC(O)c2cc(Br)c(C)s2)cc1C. The molecule has 0 fully saturated rings. The second-order valence-corrected chi connectivity index (χ2v) is 6.83. The smallest absolute Gasteiger partial charge is 0.0922 e. The van der Waals surface area contributed by atoms with Crippen molar-refractivity contribution in [1.82, 2.24) is 0 Å². The first-order valence-electron chi connectivity index (χ1n) is 5.97. The number of rotatable bonds is 3. The first-order valence-corrected chi connectivity index (χ1v) is 7.58. The Morgan fingerprint density at radius 3 is 2.44 bits per heavy atom. The highest BCUT2D eigenvalue weighted by Gasteiger charge is 2.13. The van der Waals surface area contributed by atoms with Crippen LogP contribution in [0.1, 0.15) is 32.5 Å². The third-order valence-electron chi connectivity index (χ3n) is 3.21. The molecule has 0 aliphatic carbocycles. The lowest BCUT2D eigenvalue weighted by Gasteiger charge is -2.10. The molecular weight excluding hydrogens is 308 g/mol. The van der Waals surface area contributed by atoms with Gasteiger partial charge in [0.05, 0.1) is 6.10 Å². The molecule has 0 saturated carbocycles. The van der Waals surface area contributed by atoms with Crippen molar-refractivity contribution in [3.05, 3.63) is 55.2 Å². The summed E-state index contributed by atoms with van der Waals surface area (Å²) < 4.78 is 1.08. The van der Waals surface area contributed by atoms with Gasteiger partial charge in [-0.3, -0.25) is 0 Å². The Morgan fingerprint density at radius 2 is 1.89 bits per heavy atom. The van der Waals surface area contributed by atoms with E-state index in [1.807, 2.05) is 6.07 Å². The molecule has 1 aromatic carbocycles. The molecule has 1 N–H and O–H groups in total. The number of hydrogen-bond donors (Lipinski definition) is 1. The fourth-order valence-electron chi connectivity index (χ4n) is 1.90. The largest absolute Gasteiger partial charge is 0.387 e. The lowest BCUT2D eigenvalue weighted by atomic mass is 10.0. The number of aliphatic hydroxyl groups is 1. The highest BCUT2D eigenvalue weighted by Crippen LogP contribution is 2.32. The number of benzene rings is 1. The minimum atomic E-state index is -0.415. The van der Waals surface area contributed by atoms with Crippen molar-refractivity contribution in [3.8, 4) is 0 Å². The third kappa shape index (κ3) is 3.02. The van der Waals surface area contributed by atoms with E-state index in [2.05, 4.69) is 54.9 Å². The van der Waals surface area contributed by atoms with Crippen molar-refractivity contribution < 1.29 is 5.11 Å².